The van der Waals surface area contributed by atoms with Crippen molar-refractivity contribution in [3.05, 3.63) is 29.2 Å². The first kappa shape index (κ1) is 28.2. The van der Waals surface area contributed by atoms with Gasteiger partial charge in [0.2, 0.25) is 5.91 Å². The van der Waals surface area contributed by atoms with Gasteiger partial charge in [0.15, 0.2) is 5.65 Å². The second-order valence-electron chi connectivity index (χ2n) is 11.8. The van der Waals surface area contributed by atoms with E-state index in [0.29, 0.717) is 31.6 Å². The predicted molar refractivity (Wildman–Crippen MR) is 136 cm³/mol. The number of piperidine rings is 1. The van der Waals surface area contributed by atoms with Gasteiger partial charge in [-0.15, -0.1) is 0 Å². The second kappa shape index (κ2) is 10.7. The Hall–Kier alpha value is -2.85. The van der Waals surface area contributed by atoms with Crippen LogP contribution >= 0.6 is 0 Å². The lowest BCUT2D eigenvalue weighted by atomic mass is 9.80. The van der Waals surface area contributed by atoms with E-state index in [4.69, 9.17) is 9.84 Å². The molecule has 2 amide bonds. The third kappa shape index (κ3) is 6.58. The number of ether oxygens (including phenoxy) is 1. The van der Waals surface area contributed by atoms with Gasteiger partial charge in [0.1, 0.15) is 12.1 Å². The van der Waals surface area contributed by atoms with Crippen molar-refractivity contribution in [2.75, 3.05) is 19.6 Å². The number of carbonyl (C=O) groups excluding carboxylic acids is 2. The number of alkyl carbamates (subject to hydrolysis) is 1. The van der Waals surface area contributed by atoms with E-state index in [1.807, 2.05) is 23.6 Å². The van der Waals surface area contributed by atoms with Crippen molar-refractivity contribution in [2.24, 2.45) is 11.8 Å². The lowest BCUT2D eigenvalue weighted by Crippen LogP contribution is -2.47. The fraction of sp³-hybridized carbons (Fsp3) is 0.704. The molecule has 11 heteroatoms. The summed E-state index contributed by atoms with van der Waals surface area (Å²) in [6.45, 7) is 10.3. The van der Waals surface area contributed by atoms with Crippen molar-refractivity contribution in [3.63, 3.8) is 0 Å². The first-order valence-electron chi connectivity index (χ1n) is 13.4. The number of aromatic nitrogens is 3. The molecule has 1 aliphatic carbocycles. The normalized spacial score (nSPS) is 24.9. The molecule has 210 valence electrons. The first-order valence-corrected chi connectivity index (χ1v) is 13.4. The summed E-state index contributed by atoms with van der Waals surface area (Å²) < 4.78 is 46.4. The summed E-state index contributed by atoms with van der Waals surface area (Å²) in [5, 5.41) is 7.38. The highest BCUT2D eigenvalue weighted by Crippen LogP contribution is 2.43. The Kier molecular flexibility index (Phi) is 7.95. The number of likely N-dealkylation sites (tertiary alicyclic amines) is 1. The van der Waals surface area contributed by atoms with Crippen LogP contribution in [-0.2, 0) is 9.53 Å². The van der Waals surface area contributed by atoms with E-state index in [9.17, 15) is 22.8 Å². The van der Waals surface area contributed by atoms with E-state index in [2.05, 4.69) is 17.2 Å². The van der Waals surface area contributed by atoms with Crippen LogP contribution in [0.15, 0.2) is 12.1 Å². The molecule has 0 unspecified atom stereocenters. The van der Waals surface area contributed by atoms with E-state index in [1.54, 1.807) is 25.7 Å². The Bertz CT molecular complexity index is 1170. The maximum absolute atomic E-state index is 13.1. The fourth-order valence-corrected chi connectivity index (χ4v) is 5.58. The lowest BCUT2D eigenvalue weighted by molar-refractivity contribution is -0.182. The molecule has 1 saturated carbocycles. The molecule has 2 aromatic rings. The summed E-state index contributed by atoms with van der Waals surface area (Å²) in [4.78, 5) is 31.3. The zero-order valence-corrected chi connectivity index (χ0v) is 22.8. The minimum absolute atomic E-state index is 0.00728. The third-order valence-electron chi connectivity index (χ3n) is 7.68. The smallest absolute Gasteiger partial charge is 0.408 e. The summed E-state index contributed by atoms with van der Waals surface area (Å²) in [7, 11) is 0. The number of halogens is 3. The summed E-state index contributed by atoms with van der Waals surface area (Å²) in [5.74, 6) is -1.17. The zero-order chi connectivity index (χ0) is 27.8. The fourth-order valence-electron chi connectivity index (χ4n) is 5.58. The number of nitrogens with zero attached hydrogens (tertiary/aromatic N) is 4. The molecule has 4 rings (SSSR count). The van der Waals surface area contributed by atoms with Crippen molar-refractivity contribution in [1.29, 1.82) is 0 Å². The number of fused-ring (bicyclic) bond motifs is 1. The molecule has 2 fully saturated rings. The first-order chi connectivity index (χ1) is 17.7. The molecular formula is C27H38F3N5O3. The van der Waals surface area contributed by atoms with Gasteiger partial charge in [-0.1, -0.05) is 6.92 Å². The molecule has 1 aliphatic heterocycles. The number of carbonyl (C=O) groups is 2. The van der Waals surface area contributed by atoms with Gasteiger partial charge < -0.3 is 15.0 Å². The average Bonchev–Trinajstić information content (AvgIpc) is 3.25. The van der Waals surface area contributed by atoms with Gasteiger partial charge in [0.05, 0.1) is 17.3 Å². The summed E-state index contributed by atoms with van der Waals surface area (Å²) >= 11 is 0. The Balaban J connectivity index is 1.49. The van der Waals surface area contributed by atoms with E-state index in [0.717, 1.165) is 23.5 Å². The standard InChI is InChI=1S/C27H38F3N5O3/c1-16-10-11-34(24(36)14-31-25(37)38-26(3,4)5)15-20(16)22-12-17(2)32-23-13-21(33-35(22)23)18-6-8-19(9-7-18)27(28,29)30/h12-13,16,18-20H,6-11,14-15H2,1-5H3,(H,31,37)/t16-,18?,19?,20-/m0/s1. The molecule has 0 radical (unpaired) electrons. The highest BCUT2D eigenvalue weighted by molar-refractivity contribution is 5.82. The largest absolute Gasteiger partial charge is 0.444 e. The number of hydrogen-bond donors (Lipinski definition) is 1. The van der Waals surface area contributed by atoms with Crippen LogP contribution in [-0.4, -0.2) is 62.9 Å². The van der Waals surface area contributed by atoms with Gasteiger partial charge in [0, 0.05) is 36.7 Å². The molecule has 3 heterocycles. The molecule has 38 heavy (non-hydrogen) atoms. The van der Waals surface area contributed by atoms with E-state index in [-0.39, 0.29) is 43.0 Å². The van der Waals surface area contributed by atoms with Gasteiger partial charge in [-0.05, 0) is 71.8 Å². The number of alkyl halides is 3. The van der Waals surface area contributed by atoms with Crippen molar-refractivity contribution in [1.82, 2.24) is 24.8 Å². The highest BCUT2D eigenvalue weighted by atomic mass is 19.4. The molecule has 0 bridgehead atoms. The van der Waals surface area contributed by atoms with Crippen molar-refractivity contribution < 1.29 is 27.5 Å². The average molecular weight is 538 g/mol. The maximum Gasteiger partial charge on any atom is 0.408 e. The van der Waals surface area contributed by atoms with E-state index < -0.39 is 23.8 Å². The predicted octanol–water partition coefficient (Wildman–Crippen LogP) is 5.35. The summed E-state index contributed by atoms with van der Waals surface area (Å²) in [5.41, 5.74) is 2.57. The number of rotatable bonds is 4. The van der Waals surface area contributed by atoms with Crippen LogP contribution in [0, 0.1) is 18.8 Å². The Morgan fingerprint density at radius 3 is 2.42 bits per heavy atom. The maximum atomic E-state index is 13.1. The van der Waals surface area contributed by atoms with Crippen LogP contribution in [0.3, 0.4) is 0 Å². The Morgan fingerprint density at radius 2 is 1.79 bits per heavy atom. The molecule has 2 atom stereocenters. The lowest BCUT2D eigenvalue weighted by Gasteiger charge is -2.37. The number of hydrogen-bond acceptors (Lipinski definition) is 5. The number of amides is 2. The van der Waals surface area contributed by atoms with Gasteiger partial charge in [-0.3, -0.25) is 4.79 Å². The Morgan fingerprint density at radius 1 is 1.11 bits per heavy atom. The van der Waals surface area contributed by atoms with Crippen LogP contribution in [0.2, 0.25) is 0 Å². The molecule has 0 spiro atoms. The minimum Gasteiger partial charge on any atom is -0.444 e. The van der Waals surface area contributed by atoms with Crippen LogP contribution in [0.5, 0.6) is 0 Å². The SMILES string of the molecule is Cc1cc([C@H]2CN(C(=O)CNC(=O)OC(C)(C)C)CC[C@@H]2C)n2nc(C3CCC(C(F)(F)F)CC3)cc2n1. The third-order valence-corrected chi connectivity index (χ3v) is 7.68. The van der Waals surface area contributed by atoms with E-state index in [1.165, 1.54) is 0 Å². The zero-order valence-electron chi connectivity index (χ0n) is 22.8. The topological polar surface area (TPSA) is 88.8 Å². The molecule has 2 aromatic heterocycles. The molecule has 8 nitrogen and oxygen atoms in total. The van der Waals surface area contributed by atoms with Crippen LogP contribution in [0.1, 0.15) is 88.7 Å². The number of aryl methyl sites for hydroxylation is 1. The number of nitrogens with one attached hydrogen (secondary N) is 1. The quantitative estimate of drug-likeness (QED) is 0.568. The van der Waals surface area contributed by atoms with Crippen molar-refractivity contribution in [2.45, 2.75) is 90.3 Å². The molecule has 0 aromatic carbocycles. The van der Waals surface area contributed by atoms with E-state index >= 15 is 0 Å². The van der Waals surface area contributed by atoms with Gasteiger partial charge in [0.25, 0.3) is 0 Å². The second-order valence-corrected chi connectivity index (χ2v) is 11.8. The van der Waals surface area contributed by atoms with Crippen LogP contribution in [0.25, 0.3) is 5.65 Å². The summed E-state index contributed by atoms with van der Waals surface area (Å²) in [6, 6.07) is 3.88. The summed E-state index contributed by atoms with van der Waals surface area (Å²) in [6.07, 6.45) is -2.83. The van der Waals surface area contributed by atoms with Gasteiger partial charge >= 0.3 is 12.3 Å². The van der Waals surface area contributed by atoms with Crippen LogP contribution in [0.4, 0.5) is 18.0 Å². The molecule has 2 aliphatic rings. The van der Waals surface area contributed by atoms with Crippen molar-refractivity contribution >= 4 is 17.6 Å². The molecule has 1 saturated heterocycles. The Labute approximate surface area is 221 Å². The monoisotopic (exact) mass is 537 g/mol. The van der Waals surface area contributed by atoms with Crippen molar-refractivity contribution in [3.8, 4) is 0 Å². The van der Waals surface area contributed by atoms with Crippen LogP contribution < -0.4 is 5.32 Å². The highest BCUT2D eigenvalue weighted by Gasteiger charge is 2.42. The van der Waals surface area contributed by atoms with Gasteiger partial charge in [-0.2, -0.15) is 18.3 Å². The van der Waals surface area contributed by atoms with Gasteiger partial charge in [-0.25, -0.2) is 14.3 Å². The minimum atomic E-state index is -4.14. The molecular weight excluding hydrogens is 499 g/mol. The molecule has 1 N–H and O–H groups in total.